The second-order valence-corrected chi connectivity index (χ2v) is 7.08. The highest BCUT2D eigenvalue weighted by atomic mass is 16.5. The van der Waals surface area contributed by atoms with Crippen molar-refractivity contribution in [3.8, 4) is 0 Å². The molecule has 28 heavy (non-hydrogen) atoms. The number of carbonyl (C=O) groups excluding carboxylic acids is 1. The van der Waals surface area contributed by atoms with Gasteiger partial charge in [-0.2, -0.15) is 0 Å². The zero-order valence-corrected chi connectivity index (χ0v) is 16.7. The summed E-state index contributed by atoms with van der Waals surface area (Å²) in [5.74, 6) is 0.418. The molecule has 0 spiro atoms. The molecule has 154 valence electrons. The summed E-state index contributed by atoms with van der Waals surface area (Å²) in [6.45, 7) is 8.42. The van der Waals surface area contributed by atoms with Gasteiger partial charge in [-0.3, -0.25) is 9.59 Å². The van der Waals surface area contributed by atoms with Crippen molar-refractivity contribution in [2.24, 2.45) is 5.92 Å². The molecule has 3 heterocycles. The van der Waals surface area contributed by atoms with E-state index in [1.807, 2.05) is 10.6 Å². The van der Waals surface area contributed by atoms with Gasteiger partial charge in [-0.25, -0.2) is 9.97 Å². The number of nitrogens with zero attached hydrogens (tertiary/aromatic N) is 4. The molecule has 0 aromatic carbocycles. The lowest BCUT2D eigenvalue weighted by atomic mass is 10.1. The third-order valence-electron chi connectivity index (χ3n) is 4.76. The zero-order valence-electron chi connectivity index (χ0n) is 16.7. The highest BCUT2D eigenvalue weighted by molar-refractivity contribution is 5.96. The number of ether oxygens (including phenoxy) is 1. The number of nitrogens with one attached hydrogen (secondary N) is 1. The standard InChI is InChI=1S/C18H27N5O2.CH2O2/c1-13(2)23-12-21-16-8-15(10-19-17(16)23)18(24)20-9-14-4-5-22(11-14)6-7-25-3;2-1-3/h8,10,12-14H,4-7,9,11H2,1-3H3,(H,20,24);1H,(H,2,3). The Kier molecular flexibility index (Phi) is 8.34. The average Bonchev–Trinajstić information content (AvgIpc) is 3.31. The fourth-order valence-electron chi connectivity index (χ4n) is 3.26. The first-order valence-corrected chi connectivity index (χ1v) is 9.40. The average molecular weight is 391 g/mol. The van der Waals surface area contributed by atoms with Crippen LogP contribution in [0.3, 0.4) is 0 Å². The summed E-state index contributed by atoms with van der Waals surface area (Å²) < 4.78 is 7.12. The van der Waals surface area contributed by atoms with E-state index in [-0.39, 0.29) is 12.4 Å². The molecule has 1 aliphatic rings. The van der Waals surface area contributed by atoms with E-state index in [1.165, 1.54) is 0 Å². The predicted molar refractivity (Wildman–Crippen MR) is 105 cm³/mol. The van der Waals surface area contributed by atoms with Crippen molar-refractivity contribution in [1.29, 1.82) is 0 Å². The van der Waals surface area contributed by atoms with Crippen LogP contribution < -0.4 is 5.32 Å². The molecular weight excluding hydrogens is 362 g/mol. The number of imidazole rings is 1. The number of rotatable bonds is 7. The van der Waals surface area contributed by atoms with Gasteiger partial charge in [0, 0.05) is 39.0 Å². The summed E-state index contributed by atoms with van der Waals surface area (Å²) in [7, 11) is 1.73. The van der Waals surface area contributed by atoms with Crippen LogP contribution in [0.5, 0.6) is 0 Å². The quantitative estimate of drug-likeness (QED) is 0.687. The first-order valence-electron chi connectivity index (χ1n) is 9.40. The summed E-state index contributed by atoms with van der Waals surface area (Å²) in [5, 5.41) is 9.93. The minimum Gasteiger partial charge on any atom is -0.483 e. The highest BCUT2D eigenvalue weighted by Gasteiger charge is 2.22. The summed E-state index contributed by atoms with van der Waals surface area (Å²) >= 11 is 0. The lowest BCUT2D eigenvalue weighted by Crippen LogP contribution is -2.31. The minimum absolute atomic E-state index is 0.0798. The summed E-state index contributed by atoms with van der Waals surface area (Å²) in [6, 6.07) is 2.11. The van der Waals surface area contributed by atoms with Crippen LogP contribution in [0.1, 0.15) is 36.7 Å². The van der Waals surface area contributed by atoms with Crippen molar-refractivity contribution in [2.45, 2.75) is 26.3 Å². The molecule has 1 fully saturated rings. The van der Waals surface area contributed by atoms with E-state index < -0.39 is 0 Å². The van der Waals surface area contributed by atoms with E-state index in [9.17, 15) is 4.79 Å². The maximum atomic E-state index is 12.4. The van der Waals surface area contributed by atoms with Crippen molar-refractivity contribution in [2.75, 3.05) is 39.9 Å². The van der Waals surface area contributed by atoms with Gasteiger partial charge >= 0.3 is 0 Å². The van der Waals surface area contributed by atoms with Crippen LogP contribution in [-0.4, -0.2) is 76.8 Å². The topological polar surface area (TPSA) is 110 Å². The second-order valence-electron chi connectivity index (χ2n) is 7.08. The van der Waals surface area contributed by atoms with Gasteiger partial charge in [-0.1, -0.05) is 0 Å². The lowest BCUT2D eigenvalue weighted by molar-refractivity contribution is -0.122. The molecule has 1 amide bonds. The number of aromatic nitrogens is 3. The smallest absolute Gasteiger partial charge is 0.290 e. The molecule has 2 aromatic rings. The first kappa shape index (κ1) is 21.8. The van der Waals surface area contributed by atoms with Gasteiger partial charge in [-0.15, -0.1) is 0 Å². The fraction of sp³-hybridized carbons (Fsp3) is 0.579. The highest BCUT2D eigenvalue weighted by Crippen LogP contribution is 2.17. The molecule has 2 N–H and O–H groups in total. The third-order valence-corrected chi connectivity index (χ3v) is 4.76. The molecule has 2 aromatic heterocycles. The SMILES string of the molecule is COCCN1CCC(CNC(=O)c2cnc3c(c2)ncn3C(C)C)C1.O=CO. The molecule has 1 unspecified atom stereocenters. The van der Waals surface area contributed by atoms with Crippen LogP contribution in [0.25, 0.3) is 11.2 Å². The summed E-state index contributed by atoms with van der Waals surface area (Å²) in [6.07, 6.45) is 4.52. The van der Waals surface area contributed by atoms with E-state index >= 15 is 0 Å². The third kappa shape index (κ3) is 5.74. The van der Waals surface area contributed by atoms with Crippen LogP contribution in [-0.2, 0) is 9.53 Å². The maximum absolute atomic E-state index is 12.4. The molecule has 1 saturated heterocycles. The second kappa shape index (κ2) is 10.7. The van der Waals surface area contributed by atoms with Gasteiger partial charge < -0.3 is 24.6 Å². The largest absolute Gasteiger partial charge is 0.483 e. The number of carbonyl (C=O) groups is 2. The van der Waals surface area contributed by atoms with E-state index in [0.29, 0.717) is 24.1 Å². The Labute approximate surface area is 164 Å². The fourth-order valence-corrected chi connectivity index (χ4v) is 3.26. The van der Waals surface area contributed by atoms with E-state index in [2.05, 4.69) is 34.0 Å². The maximum Gasteiger partial charge on any atom is 0.290 e. The zero-order chi connectivity index (χ0) is 20.5. The Morgan fingerprint density at radius 3 is 2.89 bits per heavy atom. The molecule has 9 heteroatoms. The van der Waals surface area contributed by atoms with Crippen LogP contribution in [0, 0.1) is 5.92 Å². The van der Waals surface area contributed by atoms with E-state index in [4.69, 9.17) is 14.6 Å². The van der Waals surface area contributed by atoms with Crippen LogP contribution >= 0.6 is 0 Å². The van der Waals surface area contributed by atoms with Gasteiger partial charge in [0.05, 0.1) is 18.5 Å². The number of hydrogen-bond acceptors (Lipinski definition) is 6. The normalized spacial score (nSPS) is 16.8. The molecule has 0 bridgehead atoms. The Balaban J connectivity index is 0.000000878. The number of methoxy groups -OCH3 is 1. The van der Waals surface area contributed by atoms with Crippen molar-refractivity contribution in [3.63, 3.8) is 0 Å². The van der Waals surface area contributed by atoms with E-state index in [0.717, 1.165) is 43.8 Å². The monoisotopic (exact) mass is 391 g/mol. The van der Waals surface area contributed by atoms with Crippen LogP contribution in [0.15, 0.2) is 18.6 Å². The minimum atomic E-state index is -0.250. The lowest BCUT2D eigenvalue weighted by Gasteiger charge is -2.15. The van der Waals surface area contributed by atoms with Gasteiger partial charge in [0.15, 0.2) is 5.65 Å². The van der Waals surface area contributed by atoms with Crippen LogP contribution in [0.4, 0.5) is 0 Å². The van der Waals surface area contributed by atoms with Gasteiger partial charge in [-0.05, 0) is 38.8 Å². The van der Waals surface area contributed by atoms with Crippen molar-refractivity contribution in [1.82, 2.24) is 24.8 Å². The summed E-state index contributed by atoms with van der Waals surface area (Å²) in [5.41, 5.74) is 2.14. The Hall–Kier alpha value is -2.52. The molecule has 1 aliphatic heterocycles. The Bertz CT molecular complexity index is 777. The van der Waals surface area contributed by atoms with Gasteiger partial charge in [0.25, 0.3) is 12.4 Å². The van der Waals surface area contributed by atoms with Crippen molar-refractivity contribution in [3.05, 3.63) is 24.2 Å². The number of amides is 1. The van der Waals surface area contributed by atoms with E-state index in [1.54, 1.807) is 19.6 Å². The van der Waals surface area contributed by atoms with Gasteiger partial charge in [0.2, 0.25) is 0 Å². The molecule has 0 saturated carbocycles. The number of pyridine rings is 1. The summed E-state index contributed by atoms with van der Waals surface area (Å²) in [4.78, 5) is 32.0. The molecule has 9 nitrogen and oxygen atoms in total. The first-order chi connectivity index (χ1) is 13.5. The Morgan fingerprint density at radius 2 is 2.21 bits per heavy atom. The molecular formula is C19H29N5O4. The number of fused-ring (bicyclic) bond motifs is 1. The Morgan fingerprint density at radius 1 is 1.46 bits per heavy atom. The van der Waals surface area contributed by atoms with Crippen molar-refractivity contribution >= 4 is 23.5 Å². The van der Waals surface area contributed by atoms with Crippen molar-refractivity contribution < 1.29 is 19.4 Å². The van der Waals surface area contributed by atoms with Gasteiger partial charge in [0.1, 0.15) is 5.52 Å². The molecule has 3 rings (SSSR count). The number of carboxylic acid groups (broad SMARTS) is 1. The molecule has 1 atom stereocenters. The van der Waals surface area contributed by atoms with Crippen LogP contribution in [0.2, 0.25) is 0 Å². The number of likely N-dealkylation sites (tertiary alicyclic amines) is 1. The predicted octanol–water partition coefficient (Wildman–Crippen LogP) is 1.41. The molecule has 0 radical (unpaired) electrons. The number of hydrogen-bond donors (Lipinski definition) is 2. The molecule has 0 aliphatic carbocycles.